The van der Waals surface area contributed by atoms with Crippen molar-refractivity contribution in [3.05, 3.63) is 0 Å². The van der Waals surface area contributed by atoms with Crippen LogP contribution in [-0.2, 0) is 0 Å². The van der Waals surface area contributed by atoms with Crippen molar-refractivity contribution in [2.75, 3.05) is 20.1 Å². The van der Waals surface area contributed by atoms with E-state index in [1.54, 1.807) is 0 Å². The monoisotopic (exact) mass is 172 g/mol. The topological polar surface area (TPSA) is 29.3 Å². The van der Waals surface area contributed by atoms with E-state index in [1.165, 1.54) is 25.8 Å². The lowest BCUT2D eigenvalue weighted by Gasteiger charge is -2.26. The zero-order valence-electron chi connectivity index (χ0n) is 9.06. The number of nitrogens with zero attached hydrogens (tertiary/aromatic N) is 1. The van der Waals surface area contributed by atoms with E-state index >= 15 is 0 Å². The van der Waals surface area contributed by atoms with E-state index in [0.717, 1.165) is 6.54 Å². The summed E-state index contributed by atoms with van der Waals surface area (Å²) in [6.45, 7) is 8.53. The lowest BCUT2D eigenvalue weighted by Crippen LogP contribution is -2.44. The van der Waals surface area contributed by atoms with Gasteiger partial charge in [-0.15, -0.1) is 0 Å². The smallest absolute Gasteiger partial charge is 0.0225 e. The average molecular weight is 172 g/mol. The van der Waals surface area contributed by atoms with Gasteiger partial charge in [0.05, 0.1) is 0 Å². The van der Waals surface area contributed by atoms with E-state index in [1.807, 2.05) is 0 Å². The second-order valence-electron chi connectivity index (χ2n) is 4.43. The molecule has 2 nitrogen and oxygen atoms in total. The molecule has 0 rings (SSSR count). The summed E-state index contributed by atoms with van der Waals surface area (Å²) in [5, 5.41) is 0. The molecule has 74 valence electrons. The normalized spacial score (nSPS) is 12.5. The molecule has 0 aliphatic carbocycles. The van der Waals surface area contributed by atoms with Crippen LogP contribution in [-0.4, -0.2) is 30.6 Å². The van der Waals surface area contributed by atoms with Crippen molar-refractivity contribution in [3.63, 3.8) is 0 Å². The lowest BCUT2D eigenvalue weighted by molar-refractivity contribution is 0.265. The Kier molecular flexibility index (Phi) is 5.51. The standard InChI is InChI=1S/C10H24N2/c1-5-6-7-8-12(4)9-10(2,3)11/h5-9,11H2,1-4H3. The van der Waals surface area contributed by atoms with E-state index in [0.29, 0.717) is 0 Å². The van der Waals surface area contributed by atoms with Crippen molar-refractivity contribution in [3.8, 4) is 0 Å². The minimum Gasteiger partial charge on any atom is -0.324 e. The highest BCUT2D eigenvalue weighted by Gasteiger charge is 2.12. The molecule has 0 aliphatic heterocycles. The minimum absolute atomic E-state index is 0.0546. The zero-order valence-corrected chi connectivity index (χ0v) is 9.06. The molecule has 0 fully saturated rings. The molecular weight excluding hydrogens is 148 g/mol. The quantitative estimate of drug-likeness (QED) is 0.619. The molecule has 2 heteroatoms. The minimum atomic E-state index is -0.0546. The van der Waals surface area contributed by atoms with Crippen LogP contribution in [0.15, 0.2) is 0 Å². The Morgan fingerprint density at radius 2 is 1.83 bits per heavy atom. The summed E-state index contributed by atoms with van der Waals surface area (Å²) in [4.78, 5) is 2.32. The summed E-state index contributed by atoms with van der Waals surface area (Å²) in [5.74, 6) is 0. The van der Waals surface area contributed by atoms with Gasteiger partial charge in [0.25, 0.3) is 0 Å². The average Bonchev–Trinajstić information content (AvgIpc) is 1.84. The predicted molar refractivity (Wildman–Crippen MR) is 55.3 cm³/mol. The van der Waals surface area contributed by atoms with E-state index in [9.17, 15) is 0 Å². The first-order valence-corrected chi connectivity index (χ1v) is 4.93. The first kappa shape index (κ1) is 11.9. The maximum Gasteiger partial charge on any atom is 0.0225 e. The fraction of sp³-hybridized carbons (Fsp3) is 1.00. The Hall–Kier alpha value is -0.0800. The van der Waals surface area contributed by atoms with E-state index in [4.69, 9.17) is 5.73 Å². The number of nitrogens with two attached hydrogens (primary N) is 1. The molecule has 0 bridgehead atoms. The van der Waals surface area contributed by atoms with Gasteiger partial charge in [-0.1, -0.05) is 19.8 Å². The largest absolute Gasteiger partial charge is 0.324 e. The van der Waals surface area contributed by atoms with Crippen LogP contribution in [0.3, 0.4) is 0 Å². The van der Waals surface area contributed by atoms with E-state index in [-0.39, 0.29) is 5.54 Å². The number of hydrogen-bond donors (Lipinski definition) is 1. The highest BCUT2D eigenvalue weighted by atomic mass is 15.1. The van der Waals surface area contributed by atoms with Gasteiger partial charge in [-0.2, -0.15) is 0 Å². The van der Waals surface area contributed by atoms with Crippen LogP contribution in [0.4, 0.5) is 0 Å². The summed E-state index contributed by atoms with van der Waals surface area (Å²) >= 11 is 0. The van der Waals surface area contributed by atoms with Crippen molar-refractivity contribution >= 4 is 0 Å². The summed E-state index contributed by atoms with van der Waals surface area (Å²) in [5.41, 5.74) is 5.84. The van der Waals surface area contributed by atoms with Crippen LogP contribution in [0, 0.1) is 0 Å². The molecule has 0 amide bonds. The van der Waals surface area contributed by atoms with Crippen molar-refractivity contribution < 1.29 is 0 Å². The van der Waals surface area contributed by atoms with Gasteiger partial charge >= 0.3 is 0 Å². The molecule has 0 saturated heterocycles. The molecule has 0 aromatic carbocycles. The van der Waals surface area contributed by atoms with E-state index in [2.05, 4.69) is 32.7 Å². The number of unbranched alkanes of at least 4 members (excludes halogenated alkanes) is 2. The number of likely N-dealkylation sites (N-methyl/N-ethyl adjacent to an activating group) is 1. The Bertz CT molecular complexity index is 105. The van der Waals surface area contributed by atoms with Gasteiger partial charge in [-0.3, -0.25) is 0 Å². The van der Waals surface area contributed by atoms with Gasteiger partial charge in [0.2, 0.25) is 0 Å². The van der Waals surface area contributed by atoms with Crippen LogP contribution in [0.2, 0.25) is 0 Å². The third-order valence-corrected chi connectivity index (χ3v) is 1.82. The highest BCUT2D eigenvalue weighted by molar-refractivity contribution is 4.75. The number of hydrogen-bond acceptors (Lipinski definition) is 2. The first-order chi connectivity index (χ1) is 5.45. The molecule has 0 heterocycles. The molecule has 0 aromatic rings. The van der Waals surface area contributed by atoms with Crippen molar-refractivity contribution in [2.24, 2.45) is 5.73 Å². The van der Waals surface area contributed by atoms with Crippen LogP contribution < -0.4 is 5.73 Å². The van der Waals surface area contributed by atoms with Crippen LogP contribution in [0.1, 0.15) is 40.0 Å². The Morgan fingerprint density at radius 1 is 1.25 bits per heavy atom. The van der Waals surface area contributed by atoms with Gasteiger partial charge in [0.1, 0.15) is 0 Å². The van der Waals surface area contributed by atoms with E-state index < -0.39 is 0 Å². The molecular formula is C10H24N2. The van der Waals surface area contributed by atoms with Crippen molar-refractivity contribution in [1.29, 1.82) is 0 Å². The first-order valence-electron chi connectivity index (χ1n) is 4.93. The van der Waals surface area contributed by atoms with Gasteiger partial charge in [-0.05, 0) is 33.9 Å². The maximum absolute atomic E-state index is 5.90. The number of rotatable bonds is 6. The zero-order chi connectivity index (χ0) is 9.61. The second-order valence-corrected chi connectivity index (χ2v) is 4.43. The Balaban J connectivity index is 3.40. The molecule has 0 aliphatic rings. The SMILES string of the molecule is CCCCCN(C)CC(C)(C)N. The maximum atomic E-state index is 5.90. The van der Waals surface area contributed by atoms with Crippen LogP contribution >= 0.6 is 0 Å². The lowest BCUT2D eigenvalue weighted by atomic mass is 10.1. The predicted octanol–water partition coefficient (Wildman–Crippen LogP) is 1.85. The summed E-state index contributed by atoms with van der Waals surface area (Å²) in [6.07, 6.45) is 3.91. The second kappa shape index (κ2) is 5.55. The van der Waals surface area contributed by atoms with Crippen LogP contribution in [0.5, 0.6) is 0 Å². The van der Waals surface area contributed by atoms with Gasteiger partial charge < -0.3 is 10.6 Å². The Labute approximate surface area is 77.1 Å². The molecule has 0 saturated carbocycles. The van der Waals surface area contributed by atoms with Gasteiger partial charge in [0, 0.05) is 12.1 Å². The third kappa shape index (κ3) is 8.02. The van der Waals surface area contributed by atoms with Crippen LogP contribution in [0.25, 0.3) is 0 Å². The molecule has 0 aromatic heterocycles. The molecule has 0 spiro atoms. The molecule has 12 heavy (non-hydrogen) atoms. The van der Waals surface area contributed by atoms with Gasteiger partial charge in [-0.25, -0.2) is 0 Å². The summed E-state index contributed by atoms with van der Waals surface area (Å²) < 4.78 is 0. The summed E-state index contributed by atoms with van der Waals surface area (Å²) in [7, 11) is 2.14. The molecule has 0 unspecified atom stereocenters. The van der Waals surface area contributed by atoms with Crippen molar-refractivity contribution in [1.82, 2.24) is 4.90 Å². The fourth-order valence-corrected chi connectivity index (χ4v) is 1.41. The molecule has 0 atom stereocenters. The molecule has 0 radical (unpaired) electrons. The molecule has 2 N–H and O–H groups in total. The Morgan fingerprint density at radius 3 is 2.25 bits per heavy atom. The fourth-order valence-electron chi connectivity index (χ4n) is 1.41. The summed E-state index contributed by atoms with van der Waals surface area (Å²) in [6, 6.07) is 0. The van der Waals surface area contributed by atoms with Gasteiger partial charge in [0.15, 0.2) is 0 Å². The third-order valence-electron chi connectivity index (χ3n) is 1.82. The van der Waals surface area contributed by atoms with Crippen molar-refractivity contribution in [2.45, 2.75) is 45.6 Å². The highest BCUT2D eigenvalue weighted by Crippen LogP contribution is 2.02.